The molecule has 6 heteroatoms. The maximum atomic E-state index is 12.6. The Morgan fingerprint density at radius 1 is 1.20 bits per heavy atom. The van der Waals surface area contributed by atoms with Crippen molar-refractivity contribution in [1.29, 1.82) is 0 Å². The molecule has 1 aromatic rings. The fourth-order valence-corrected chi connectivity index (χ4v) is 3.05. The van der Waals surface area contributed by atoms with Crippen molar-refractivity contribution in [1.82, 2.24) is 9.80 Å². The lowest BCUT2D eigenvalue weighted by Gasteiger charge is -2.27. The van der Waals surface area contributed by atoms with Crippen LogP contribution in [0.3, 0.4) is 0 Å². The van der Waals surface area contributed by atoms with Gasteiger partial charge in [-0.3, -0.25) is 9.69 Å². The largest absolute Gasteiger partial charge is 0.497 e. The van der Waals surface area contributed by atoms with Crippen molar-refractivity contribution in [2.75, 3.05) is 33.3 Å². The van der Waals surface area contributed by atoms with Crippen LogP contribution in [0.15, 0.2) is 24.3 Å². The van der Waals surface area contributed by atoms with Crippen molar-refractivity contribution in [2.45, 2.75) is 39.3 Å². The van der Waals surface area contributed by atoms with Crippen LogP contribution in [0.25, 0.3) is 0 Å². The van der Waals surface area contributed by atoms with E-state index in [1.807, 2.05) is 17.0 Å². The highest BCUT2D eigenvalue weighted by atomic mass is 35.5. The Morgan fingerprint density at radius 3 is 2.48 bits per heavy atom. The molecule has 0 radical (unpaired) electrons. The molecular weight excluding hydrogens is 338 g/mol. The summed E-state index contributed by atoms with van der Waals surface area (Å²) in [5.74, 6) is 1.22. The van der Waals surface area contributed by atoms with Crippen molar-refractivity contribution in [3.63, 3.8) is 0 Å². The van der Waals surface area contributed by atoms with E-state index in [0.29, 0.717) is 0 Å². The van der Waals surface area contributed by atoms with Gasteiger partial charge >= 0.3 is 0 Å². The van der Waals surface area contributed by atoms with Crippen LogP contribution in [0.2, 0.25) is 0 Å². The quantitative estimate of drug-likeness (QED) is 0.837. The van der Waals surface area contributed by atoms with E-state index in [2.05, 4.69) is 30.9 Å². The topological polar surface area (TPSA) is 58.8 Å². The van der Waals surface area contributed by atoms with Crippen molar-refractivity contribution < 1.29 is 9.53 Å². The minimum atomic E-state index is -0.372. The molecule has 1 fully saturated rings. The molecule has 2 unspecified atom stereocenters. The SMILES string of the molecule is CCC(C)C(N)C(=O)N1CCCN(Cc2ccc(OC)cc2)CC1.Cl. The van der Waals surface area contributed by atoms with Gasteiger partial charge in [-0.2, -0.15) is 0 Å². The van der Waals surface area contributed by atoms with Crippen molar-refractivity contribution in [3.05, 3.63) is 29.8 Å². The molecule has 1 heterocycles. The van der Waals surface area contributed by atoms with Crippen LogP contribution in [-0.4, -0.2) is 55.0 Å². The Balaban J connectivity index is 0.00000312. The summed E-state index contributed by atoms with van der Waals surface area (Å²) >= 11 is 0. The molecule has 0 bridgehead atoms. The molecule has 0 saturated carbocycles. The first-order valence-corrected chi connectivity index (χ1v) is 8.94. The number of rotatable bonds is 6. The van der Waals surface area contributed by atoms with E-state index in [1.54, 1.807) is 7.11 Å². The van der Waals surface area contributed by atoms with Gasteiger partial charge in [0, 0.05) is 32.7 Å². The zero-order valence-corrected chi connectivity index (χ0v) is 16.4. The van der Waals surface area contributed by atoms with Crippen molar-refractivity contribution >= 4 is 18.3 Å². The first-order valence-electron chi connectivity index (χ1n) is 8.94. The van der Waals surface area contributed by atoms with Crippen LogP contribution in [0.4, 0.5) is 0 Å². The summed E-state index contributed by atoms with van der Waals surface area (Å²) in [4.78, 5) is 16.9. The van der Waals surface area contributed by atoms with E-state index in [0.717, 1.165) is 51.3 Å². The Labute approximate surface area is 157 Å². The van der Waals surface area contributed by atoms with Gasteiger partial charge in [-0.25, -0.2) is 0 Å². The van der Waals surface area contributed by atoms with Gasteiger partial charge in [0.1, 0.15) is 5.75 Å². The zero-order chi connectivity index (χ0) is 17.5. The highest BCUT2D eigenvalue weighted by Gasteiger charge is 2.26. The van der Waals surface area contributed by atoms with Crippen molar-refractivity contribution in [3.8, 4) is 5.75 Å². The van der Waals surface area contributed by atoms with E-state index >= 15 is 0 Å². The highest BCUT2D eigenvalue weighted by Crippen LogP contribution is 2.15. The third-order valence-electron chi connectivity index (χ3n) is 5.01. The standard InChI is InChI=1S/C19H31N3O2.ClH/c1-4-15(2)18(20)19(23)22-11-5-10-21(12-13-22)14-16-6-8-17(24-3)9-7-16;/h6-9,15,18H,4-5,10-14,20H2,1-3H3;1H. The van der Waals surface area contributed by atoms with Crippen LogP contribution in [-0.2, 0) is 11.3 Å². The zero-order valence-electron chi connectivity index (χ0n) is 15.6. The number of nitrogens with two attached hydrogens (primary N) is 1. The monoisotopic (exact) mass is 369 g/mol. The van der Waals surface area contributed by atoms with Crippen molar-refractivity contribution in [2.24, 2.45) is 11.7 Å². The number of methoxy groups -OCH3 is 1. The summed E-state index contributed by atoms with van der Waals surface area (Å²) in [7, 11) is 1.68. The molecule has 0 aliphatic carbocycles. The molecule has 2 rings (SSSR count). The predicted molar refractivity (Wildman–Crippen MR) is 104 cm³/mol. The van der Waals surface area contributed by atoms with Gasteiger partial charge in [0.05, 0.1) is 13.2 Å². The Hall–Kier alpha value is -1.30. The van der Waals surface area contributed by atoms with Crippen LogP contribution >= 0.6 is 12.4 Å². The summed E-state index contributed by atoms with van der Waals surface area (Å²) in [6.45, 7) is 8.51. The van der Waals surface area contributed by atoms with E-state index in [1.165, 1.54) is 5.56 Å². The second-order valence-electron chi connectivity index (χ2n) is 6.71. The molecule has 142 valence electrons. The summed E-state index contributed by atoms with van der Waals surface area (Å²) in [5.41, 5.74) is 7.39. The molecule has 1 aromatic carbocycles. The first-order chi connectivity index (χ1) is 11.5. The highest BCUT2D eigenvalue weighted by molar-refractivity contribution is 5.85. The number of amides is 1. The third kappa shape index (κ3) is 6.17. The van der Waals surface area contributed by atoms with Gasteiger partial charge in [0.15, 0.2) is 0 Å². The number of halogens is 1. The summed E-state index contributed by atoms with van der Waals surface area (Å²) < 4.78 is 5.20. The predicted octanol–water partition coefficient (Wildman–Crippen LogP) is 2.52. The van der Waals surface area contributed by atoms with E-state index < -0.39 is 0 Å². The Morgan fingerprint density at radius 2 is 1.88 bits per heavy atom. The van der Waals surface area contributed by atoms with E-state index in [-0.39, 0.29) is 30.3 Å². The normalized spacial score (nSPS) is 18.0. The molecule has 1 saturated heterocycles. The number of hydrogen-bond acceptors (Lipinski definition) is 4. The average Bonchev–Trinajstić information content (AvgIpc) is 2.86. The second kappa shape index (κ2) is 10.6. The maximum Gasteiger partial charge on any atom is 0.239 e. The summed E-state index contributed by atoms with van der Waals surface area (Å²) in [5, 5.41) is 0. The molecule has 5 nitrogen and oxygen atoms in total. The molecule has 1 amide bonds. The fourth-order valence-electron chi connectivity index (χ4n) is 3.05. The summed E-state index contributed by atoms with van der Waals surface area (Å²) in [6.07, 6.45) is 1.93. The molecule has 2 atom stereocenters. The number of carbonyl (C=O) groups excluding carboxylic acids is 1. The minimum Gasteiger partial charge on any atom is -0.497 e. The van der Waals surface area contributed by atoms with Gasteiger partial charge in [-0.15, -0.1) is 12.4 Å². The maximum absolute atomic E-state index is 12.6. The lowest BCUT2D eigenvalue weighted by atomic mass is 9.99. The number of hydrogen-bond donors (Lipinski definition) is 1. The number of nitrogens with zero attached hydrogens (tertiary/aromatic N) is 2. The number of benzene rings is 1. The fraction of sp³-hybridized carbons (Fsp3) is 0.632. The first kappa shape index (κ1) is 21.7. The molecule has 2 N–H and O–H groups in total. The van der Waals surface area contributed by atoms with Gasteiger partial charge in [0.25, 0.3) is 0 Å². The molecule has 1 aliphatic rings. The summed E-state index contributed by atoms with van der Waals surface area (Å²) in [6, 6.07) is 7.82. The number of ether oxygens (including phenoxy) is 1. The molecular formula is C19H32ClN3O2. The van der Waals surface area contributed by atoms with Gasteiger partial charge in [0.2, 0.25) is 5.91 Å². The van der Waals surface area contributed by atoms with E-state index in [9.17, 15) is 4.79 Å². The average molecular weight is 370 g/mol. The van der Waals surface area contributed by atoms with Gasteiger partial charge in [-0.1, -0.05) is 32.4 Å². The molecule has 25 heavy (non-hydrogen) atoms. The minimum absolute atomic E-state index is 0. The molecule has 0 spiro atoms. The third-order valence-corrected chi connectivity index (χ3v) is 5.01. The lowest BCUT2D eigenvalue weighted by molar-refractivity contribution is -0.133. The molecule has 1 aliphatic heterocycles. The number of carbonyl (C=O) groups is 1. The second-order valence-corrected chi connectivity index (χ2v) is 6.71. The lowest BCUT2D eigenvalue weighted by Crippen LogP contribution is -2.48. The van der Waals surface area contributed by atoms with Gasteiger partial charge < -0.3 is 15.4 Å². The molecule has 0 aromatic heterocycles. The van der Waals surface area contributed by atoms with E-state index in [4.69, 9.17) is 10.5 Å². The van der Waals surface area contributed by atoms with Crippen LogP contribution < -0.4 is 10.5 Å². The Kier molecular flexibility index (Phi) is 9.25. The Bertz CT molecular complexity index is 524. The van der Waals surface area contributed by atoms with Gasteiger partial charge in [-0.05, 0) is 30.0 Å². The smallest absolute Gasteiger partial charge is 0.239 e. The van der Waals surface area contributed by atoms with Crippen LogP contribution in [0.1, 0.15) is 32.3 Å². The van der Waals surface area contributed by atoms with Crippen LogP contribution in [0.5, 0.6) is 5.75 Å². The van der Waals surface area contributed by atoms with Crippen LogP contribution in [0, 0.1) is 5.92 Å².